The summed E-state index contributed by atoms with van der Waals surface area (Å²) in [6.07, 6.45) is 5.62. The molecule has 10 nitrogen and oxygen atoms in total. The number of anilines is 1. The van der Waals surface area contributed by atoms with Crippen LogP contribution in [0.2, 0.25) is 0 Å². The van der Waals surface area contributed by atoms with Crippen LogP contribution in [0.1, 0.15) is 37.4 Å². The molecule has 29 heavy (non-hydrogen) atoms. The Balaban J connectivity index is 1.64. The number of carboxylic acids is 1. The number of aromatic amines is 2. The second-order valence-corrected chi connectivity index (χ2v) is 7.43. The number of nitrogens with one attached hydrogen (secondary N) is 2. The van der Waals surface area contributed by atoms with Crippen molar-refractivity contribution in [2.24, 2.45) is 5.92 Å². The lowest BCUT2D eigenvalue weighted by Gasteiger charge is -2.24. The number of rotatable bonds is 3. The molecule has 4 heterocycles. The smallest absolute Gasteiger partial charge is 0.306 e. The summed E-state index contributed by atoms with van der Waals surface area (Å²) in [6.45, 7) is 0. The Kier molecular flexibility index (Phi) is 3.86. The van der Waals surface area contributed by atoms with E-state index in [4.69, 9.17) is 10.7 Å². The van der Waals surface area contributed by atoms with Crippen molar-refractivity contribution in [3.8, 4) is 11.4 Å². The van der Waals surface area contributed by atoms with Gasteiger partial charge in [-0.15, -0.1) is 0 Å². The van der Waals surface area contributed by atoms with Crippen LogP contribution in [0.25, 0.3) is 27.8 Å². The highest BCUT2D eigenvalue weighted by molar-refractivity contribution is 5.90. The van der Waals surface area contributed by atoms with Gasteiger partial charge in [-0.1, -0.05) is 0 Å². The monoisotopic (exact) mass is 393 g/mol. The molecule has 0 amide bonds. The quantitative estimate of drug-likeness (QED) is 0.414. The Labute approximate surface area is 163 Å². The van der Waals surface area contributed by atoms with Crippen molar-refractivity contribution in [2.75, 3.05) is 5.73 Å². The molecule has 10 heteroatoms. The van der Waals surface area contributed by atoms with Gasteiger partial charge in [0.2, 0.25) is 0 Å². The average Bonchev–Trinajstić information content (AvgIpc) is 3.31. The number of aromatic nitrogens is 6. The maximum atomic E-state index is 12.1. The fourth-order valence-electron chi connectivity index (χ4n) is 4.22. The molecule has 5 rings (SSSR count). The van der Waals surface area contributed by atoms with E-state index in [2.05, 4.69) is 20.1 Å². The molecule has 1 fully saturated rings. The topological polar surface area (TPSA) is 155 Å². The number of nitrogen functional groups attached to an aromatic ring is 1. The number of hydrogen-bond acceptors (Lipinski definition) is 6. The number of H-pyrrole nitrogens is 2. The number of nitrogens with two attached hydrogens (primary N) is 1. The Bertz CT molecular complexity index is 1290. The maximum absolute atomic E-state index is 12.1. The summed E-state index contributed by atoms with van der Waals surface area (Å²) in [5, 5.41) is 14.4. The van der Waals surface area contributed by atoms with Gasteiger partial charge in [-0.2, -0.15) is 5.10 Å². The second kappa shape index (κ2) is 6.43. The third-order valence-corrected chi connectivity index (χ3v) is 5.74. The fourth-order valence-corrected chi connectivity index (χ4v) is 4.22. The van der Waals surface area contributed by atoms with Crippen LogP contribution in [0.5, 0.6) is 0 Å². The summed E-state index contributed by atoms with van der Waals surface area (Å²) in [6, 6.07) is 3.66. The molecular weight excluding hydrogens is 374 g/mol. The van der Waals surface area contributed by atoms with Gasteiger partial charge in [-0.3, -0.25) is 9.59 Å². The highest BCUT2D eigenvalue weighted by atomic mass is 16.4. The third kappa shape index (κ3) is 2.75. The van der Waals surface area contributed by atoms with Crippen LogP contribution in [0.4, 0.5) is 5.82 Å². The van der Waals surface area contributed by atoms with E-state index in [0.29, 0.717) is 53.9 Å². The molecule has 0 unspecified atom stereocenters. The van der Waals surface area contributed by atoms with Gasteiger partial charge in [0, 0.05) is 17.5 Å². The summed E-state index contributed by atoms with van der Waals surface area (Å²) in [4.78, 5) is 38.1. The van der Waals surface area contributed by atoms with E-state index in [9.17, 15) is 14.7 Å². The minimum Gasteiger partial charge on any atom is -0.481 e. The van der Waals surface area contributed by atoms with Gasteiger partial charge in [-0.05, 0) is 37.8 Å². The van der Waals surface area contributed by atoms with Gasteiger partial charge >= 0.3 is 5.97 Å². The minimum atomic E-state index is -0.744. The number of aliphatic carboxylic acids is 1. The van der Waals surface area contributed by atoms with Crippen molar-refractivity contribution in [1.82, 2.24) is 29.5 Å². The minimum absolute atomic E-state index is 0.0777. The lowest BCUT2D eigenvalue weighted by molar-refractivity contribution is -0.142. The Hall–Kier alpha value is -3.69. The van der Waals surface area contributed by atoms with Crippen LogP contribution < -0.4 is 11.3 Å². The van der Waals surface area contributed by atoms with Crippen molar-refractivity contribution < 1.29 is 9.90 Å². The van der Waals surface area contributed by atoms with Crippen molar-refractivity contribution in [1.29, 1.82) is 0 Å². The molecule has 0 aromatic carbocycles. The maximum Gasteiger partial charge on any atom is 0.306 e. The summed E-state index contributed by atoms with van der Waals surface area (Å²) < 4.78 is 1.69. The molecule has 1 aliphatic carbocycles. The van der Waals surface area contributed by atoms with Crippen molar-refractivity contribution in [3.63, 3.8) is 0 Å². The fraction of sp³-hybridized carbons (Fsp3) is 0.316. The number of pyridine rings is 1. The Morgan fingerprint density at radius 3 is 2.79 bits per heavy atom. The van der Waals surface area contributed by atoms with E-state index in [1.54, 1.807) is 10.7 Å². The Morgan fingerprint density at radius 2 is 2.07 bits per heavy atom. The van der Waals surface area contributed by atoms with E-state index >= 15 is 0 Å². The van der Waals surface area contributed by atoms with Gasteiger partial charge in [0.15, 0.2) is 5.82 Å². The van der Waals surface area contributed by atoms with Crippen LogP contribution in [-0.2, 0) is 4.79 Å². The first-order valence-corrected chi connectivity index (χ1v) is 9.45. The molecule has 0 bridgehead atoms. The normalized spacial score (nSPS) is 19.7. The number of fused-ring (bicyclic) bond motifs is 2. The lowest BCUT2D eigenvalue weighted by Crippen LogP contribution is -2.21. The summed E-state index contributed by atoms with van der Waals surface area (Å²) in [5.41, 5.74) is 8.20. The summed E-state index contributed by atoms with van der Waals surface area (Å²) in [7, 11) is 0. The molecule has 0 saturated heterocycles. The largest absolute Gasteiger partial charge is 0.481 e. The molecule has 148 valence electrons. The van der Waals surface area contributed by atoms with Crippen LogP contribution in [0, 0.1) is 5.92 Å². The summed E-state index contributed by atoms with van der Waals surface area (Å²) >= 11 is 0. The third-order valence-electron chi connectivity index (χ3n) is 5.74. The molecule has 0 radical (unpaired) electrons. The number of carboxylic acid groups (broad SMARTS) is 1. The van der Waals surface area contributed by atoms with Crippen LogP contribution >= 0.6 is 0 Å². The number of carbonyl (C=O) groups is 1. The molecule has 4 aromatic rings. The number of hydrogen-bond donors (Lipinski definition) is 4. The zero-order valence-corrected chi connectivity index (χ0v) is 15.4. The van der Waals surface area contributed by atoms with E-state index in [1.165, 1.54) is 6.33 Å². The highest BCUT2D eigenvalue weighted by Gasteiger charge is 2.31. The zero-order chi connectivity index (χ0) is 20.1. The van der Waals surface area contributed by atoms with Crippen molar-refractivity contribution >= 4 is 28.2 Å². The second-order valence-electron chi connectivity index (χ2n) is 7.43. The first-order valence-electron chi connectivity index (χ1n) is 9.45. The predicted molar refractivity (Wildman–Crippen MR) is 105 cm³/mol. The van der Waals surface area contributed by atoms with E-state index in [-0.39, 0.29) is 17.4 Å². The standard InChI is InChI=1S/C19H19N7O3/c20-16-15-14(12-7-11-5-6-21-18(27)13(11)24-12)25-17(26(15)23-8-22-16)9-1-3-10(4-2-9)19(28)29/h5-10,24H,1-4H2,(H,21,27)(H,28,29)(H2,20,22,23). The molecule has 0 aliphatic heterocycles. The van der Waals surface area contributed by atoms with Gasteiger partial charge in [0.25, 0.3) is 5.56 Å². The highest BCUT2D eigenvalue weighted by Crippen LogP contribution is 2.38. The molecule has 1 saturated carbocycles. The number of imidazole rings is 1. The Morgan fingerprint density at radius 1 is 1.28 bits per heavy atom. The lowest BCUT2D eigenvalue weighted by atomic mass is 9.82. The van der Waals surface area contributed by atoms with Gasteiger partial charge in [-0.25, -0.2) is 14.5 Å². The first-order chi connectivity index (χ1) is 14.0. The van der Waals surface area contributed by atoms with Gasteiger partial charge < -0.3 is 20.8 Å². The zero-order valence-electron chi connectivity index (χ0n) is 15.4. The van der Waals surface area contributed by atoms with Gasteiger partial charge in [0.05, 0.1) is 11.6 Å². The van der Waals surface area contributed by atoms with Crippen molar-refractivity contribution in [3.05, 3.63) is 40.8 Å². The molecular formula is C19H19N7O3. The van der Waals surface area contributed by atoms with E-state index in [0.717, 1.165) is 11.2 Å². The van der Waals surface area contributed by atoms with Crippen LogP contribution in [0.15, 0.2) is 29.5 Å². The molecule has 0 atom stereocenters. The number of nitrogens with zero attached hydrogens (tertiary/aromatic N) is 4. The van der Waals surface area contributed by atoms with E-state index < -0.39 is 5.97 Å². The molecule has 4 aromatic heterocycles. The SMILES string of the molecule is Nc1ncnn2c(C3CCC(C(=O)O)CC3)nc(-c3cc4cc[nH]c(=O)c4[nH]3)c12. The molecule has 5 N–H and O–H groups in total. The van der Waals surface area contributed by atoms with Crippen LogP contribution in [-0.4, -0.2) is 40.6 Å². The van der Waals surface area contributed by atoms with Gasteiger partial charge in [0.1, 0.15) is 28.9 Å². The van der Waals surface area contributed by atoms with E-state index in [1.807, 2.05) is 12.1 Å². The molecule has 0 spiro atoms. The van der Waals surface area contributed by atoms with Crippen LogP contribution in [0.3, 0.4) is 0 Å². The average molecular weight is 393 g/mol. The van der Waals surface area contributed by atoms with Crippen molar-refractivity contribution in [2.45, 2.75) is 31.6 Å². The molecule has 1 aliphatic rings. The summed E-state index contributed by atoms with van der Waals surface area (Å²) in [5.74, 6) is 0.0547. The first kappa shape index (κ1) is 17.4. The predicted octanol–water partition coefficient (Wildman–Crippen LogP) is 1.90.